The topological polar surface area (TPSA) is 57.7 Å². The summed E-state index contributed by atoms with van der Waals surface area (Å²) in [6.45, 7) is 6.76. The van der Waals surface area contributed by atoms with Crippen LogP contribution in [0.25, 0.3) is 0 Å². The first kappa shape index (κ1) is 20.2. The Hall–Kier alpha value is -2.51. The molecule has 1 atom stereocenters. The average molecular weight is 386 g/mol. The fourth-order valence-electron chi connectivity index (χ4n) is 3.21. The smallest absolute Gasteiger partial charge is 0.318 e. The van der Waals surface area contributed by atoms with Gasteiger partial charge in [-0.1, -0.05) is 12.1 Å². The number of hydrogen-bond acceptors (Lipinski definition) is 4. The van der Waals surface area contributed by atoms with Gasteiger partial charge in [0.15, 0.2) is 0 Å². The van der Waals surface area contributed by atoms with Crippen LogP contribution in [0.2, 0.25) is 0 Å². The van der Waals surface area contributed by atoms with Crippen molar-refractivity contribution in [3.63, 3.8) is 0 Å². The first-order valence-corrected chi connectivity index (χ1v) is 9.60. The van der Waals surface area contributed by atoms with Gasteiger partial charge in [-0.25, -0.2) is 9.18 Å². The molecule has 150 valence electrons. The van der Waals surface area contributed by atoms with Gasteiger partial charge in [-0.15, -0.1) is 0 Å². The number of pyridine rings is 1. The van der Waals surface area contributed by atoms with E-state index in [1.807, 2.05) is 12.1 Å². The summed E-state index contributed by atoms with van der Waals surface area (Å²) in [5.74, 6) is -0.284. The van der Waals surface area contributed by atoms with E-state index in [2.05, 4.69) is 22.1 Å². The summed E-state index contributed by atoms with van der Waals surface area (Å²) in [5.41, 5.74) is 1.88. The Labute approximate surface area is 165 Å². The second-order valence-electron chi connectivity index (χ2n) is 7.02. The second-order valence-corrected chi connectivity index (χ2v) is 7.02. The minimum Gasteiger partial charge on any atom is -0.379 e. The summed E-state index contributed by atoms with van der Waals surface area (Å²) in [4.78, 5) is 21.0. The third-order valence-corrected chi connectivity index (χ3v) is 4.91. The SMILES string of the molecule is C[C@@H](CNC(=O)N(Cc1ccncc1)Cc1ccc(F)cc1)N1CCOCC1. The van der Waals surface area contributed by atoms with Crippen LogP contribution >= 0.6 is 0 Å². The molecular formula is C21H27FN4O2. The number of morpholine rings is 1. The van der Waals surface area contributed by atoms with Crippen LogP contribution < -0.4 is 5.32 Å². The number of carbonyl (C=O) groups excluding carboxylic acids is 1. The number of benzene rings is 1. The number of aromatic nitrogens is 1. The van der Waals surface area contributed by atoms with Crippen molar-refractivity contribution in [2.45, 2.75) is 26.1 Å². The molecule has 0 unspecified atom stereocenters. The highest BCUT2D eigenvalue weighted by Crippen LogP contribution is 2.11. The van der Waals surface area contributed by atoms with Crippen LogP contribution in [0, 0.1) is 5.82 Å². The molecule has 1 fully saturated rings. The number of hydrogen-bond donors (Lipinski definition) is 1. The third kappa shape index (κ3) is 6.00. The highest BCUT2D eigenvalue weighted by Gasteiger charge is 2.20. The number of nitrogens with zero attached hydrogens (tertiary/aromatic N) is 3. The Balaban J connectivity index is 1.62. The van der Waals surface area contributed by atoms with Crippen molar-refractivity contribution in [3.05, 3.63) is 65.7 Å². The predicted octanol–water partition coefficient (Wildman–Crippen LogP) is 2.65. The van der Waals surface area contributed by atoms with Crippen molar-refractivity contribution < 1.29 is 13.9 Å². The van der Waals surface area contributed by atoms with Crippen LogP contribution in [0.3, 0.4) is 0 Å². The van der Waals surface area contributed by atoms with E-state index in [9.17, 15) is 9.18 Å². The van der Waals surface area contributed by atoms with Crippen LogP contribution in [-0.4, -0.2) is 59.7 Å². The number of urea groups is 1. The van der Waals surface area contributed by atoms with Crippen LogP contribution in [0.1, 0.15) is 18.1 Å². The van der Waals surface area contributed by atoms with Gasteiger partial charge in [-0.2, -0.15) is 0 Å². The number of ether oxygens (including phenoxy) is 1. The third-order valence-electron chi connectivity index (χ3n) is 4.91. The maximum Gasteiger partial charge on any atom is 0.318 e. The standard InChI is InChI=1S/C21H27FN4O2/c1-17(25-10-12-28-13-11-25)14-24-21(27)26(16-19-6-8-23-9-7-19)15-18-2-4-20(22)5-3-18/h2-9,17H,10-16H2,1H3,(H,24,27)/t17-/m0/s1. The quantitative estimate of drug-likeness (QED) is 0.795. The number of carbonyl (C=O) groups is 1. The lowest BCUT2D eigenvalue weighted by atomic mass is 10.2. The number of halogens is 1. The van der Waals surface area contributed by atoms with Crippen molar-refractivity contribution in [2.24, 2.45) is 0 Å². The van der Waals surface area contributed by atoms with E-state index in [1.165, 1.54) is 12.1 Å². The van der Waals surface area contributed by atoms with E-state index in [4.69, 9.17) is 4.74 Å². The minimum atomic E-state index is -0.284. The van der Waals surface area contributed by atoms with Crippen molar-refractivity contribution in [2.75, 3.05) is 32.8 Å². The molecule has 1 saturated heterocycles. The summed E-state index contributed by atoms with van der Waals surface area (Å²) < 4.78 is 18.6. The molecule has 1 aromatic heterocycles. The molecule has 2 aromatic rings. The Kier molecular flexibility index (Phi) is 7.33. The summed E-state index contributed by atoms with van der Waals surface area (Å²) >= 11 is 0. The zero-order valence-electron chi connectivity index (χ0n) is 16.2. The predicted molar refractivity (Wildman–Crippen MR) is 105 cm³/mol. The molecule has 2 heterocycles. The molecule has 28 heavy (non-hydrogen) atoms. The Morgan fingerprint density at radius 3 is 2.39 bits per heavy atom. The van der Waals surface area contributed by atoms with Crippen molar-refractivity contribution >= 4 is 6.03 Å². The summed E-state index contributed by atoms with van der Waals surface area (Å²) in [7, 11) is 0. The van der Waals surface area contributed by atoms with Crippen LogP contribution in [0.4, 0.5) is 9.18 Å². The molecule has 0 radical (unpaired) electrons. The number of amides is 2. The van der Waals surface area contributed by atoms with Gasteiger partial charge >= 0.3 is 6.03 Å². The summed E-state index contributed by atoms with van der Waals surface area (Å²) in [5, 5.41) is 3.05. The zero-order chi connectivity index (χ0) is 19.8. The Bertz CT molecular complexity index is 736. The number of rotatable bonds is 7. The molecule has 1 aliphatic rings. The molecule has 3 rings (SSSR count). The molecule has 0 saturated carbocycles. The van der Waals surface area contributed by atoms with Gasteiger partial charge in [0.2, 0.25) is 0 Å². The molecule has 0 bridgehead atoms. The molecule has 1 N–H and O–H groups in total. The molecule has 2 amide bonds. The van der Waals surface area contributed by atoms with E-state index in [1.54, 1.807) is 29.4 Å². The average Bonchev–Trinajstić information content (AvgIpc) is 2.74. The van der Waals surface area contributed by atoms with Gasteiger partial charge in [0.05, 0.1) is 13.2 Å². The molecule has 7 heteroatoms. The van der Waals surface area contributed by atoms with E-state index in [0.717, 1.165) is 37.4 Å². The first-order chi connectivity index (χ1) is 13.6. The van der Waals surface area contributed by atoms with Crippen LogP contribution in [0.5, 0.6) is 0 Å². The summed E-state index contributed by atoms with van der Waals surface area (Å²) in [6.07, 6.45) is 3.42. The van der Waals surface area contributed by atoms with E-state index in [-0.39, 0.29) is 17.9 Å². The summed E-state index contributed by atoms with van der Waals surface area (Å²) in [6, 6.07) is 10.1. The van der Waals surface area contributed by atoms with Gasteiger partial charge in [-0.05, 0) is 42.3 Å². The van der Waals surface area contributed by atoms with Gasteiger partial charge in [0.25, 0.3) is 0 Å². The fourth-order valence-corrected chi connectivity index (χ4v) is 3.21. The van der Waals surface area contributed by atoms with Crippen LogP contribution in [0.15, 0.2) is 48.8 Å². The molecule has 0 spiro atoms. The maximum atomic E-state index is 13.2. The zero-order valence-corrected chi connectivity index (χ0v) is 16.2. The molecule has 0 aliphatic carbocycles. The van der Waals surface area contributed by atoms with Gasteiger partial charge in [0.1, 0.15) is 5.82 Å². The van der Waals surface area contributed by atoms with Gasteiger partial charge in [0, 0.05) is 51.2 Å². The molecule has 1 aromatic carbocycles. The lowest BCUT2D eigenvalue weighted by molar-refractivity contribution is 0.0206. The van der Waals surface area contributed by atoms with Crippen molar-refractivity contribution in [3.8, 4) is 0 Å². The Morgan fingerprint density at radius 1 is 1.14 bits per heavy atom. The van der Waals surface area contributed by atoms with Crippen molar-refractivity contribution in [1.29, 1.82) is 0 Å². The number of nitrogens with one attached hydrogen (secondary N) is 1. The fraction of sp³-hybridized carbons (Fsp3) is 0.429. The normalized spacial score (nSPS) is 15.8. The van der Waals surface area contributed by atoms with E-state index < -0.39 is 0 Å². The molecule has 1 aliphatic heterocycles. The maximum absolute atomic E-state index is 13.2. The lowest BCUT2D eigenvalue weighted by Crippen LogP contribution is -2.49. The van der Waals surface area contributed by atoms with Crippen LogP contribution in [-0.2, 0) is 17.8 Å². The Morgan fingerprint density at radius 2 is 1.75 bits per heavy atom. The van der Waals surface area contributed by atoms with E-state index >= 15 is 0 Å². The van der Waals surface area contributed by atoms with E-state index in [0.29, 0.717) is 19.6 Å². The highest BCUT2D eigenvalue weighted by atomic mass is 19.1. The first-order valence-electron chi connectivity index (χ1n) is 9.60. The molecular weight excluding hydrogens is 359 g/mol. The molecule has 6 nitrogen and oxygen atoms in total. The minimum absolute atomic E-state index is 0.138. The lowest BCUT2D eigenvalue weighted by Gasteiger charge is -2.33. The highest BCUT2D eigenvalue weighted by molar-refractivity contribution is 5.74. The second kappa shape index (κ2) is 10.1. The monoisotopic (exact) mass is 386 g/mol. The van der Waals surface area contributed by atoms with Crippen molar-refractivity contribution in [1.82, 2.24) is 20.1 Å². The van der Waals surface area contributed by atoms with Gasteiger partial charge in [-0.3, -0.25) is 9.88 Å². The largest absolute Gasteiger partial charge is 0.379 e. The van der Waals surface area contributed by atoms with Gasteiger partial charge < -0.3 is 15.0 Å².